The van der Waals surface area contributed by atoms with Crippen LogP contribution >= 0.6 is 12.2 Å². The van der Waals surface area contributed by atoms with Gasteiger partial charge < -0.3 is 25.3 Å². The molecule has 204 valence electrons. The van der Waals surface area contributed by atoms with Crippen molar-refractivity contribution in [1.82, 2.24) is 15.3 Å². The Kier molecular flexibility index (Phi) is 7.77. The highest BCUT2D eigenvalue weighted by Gasteiger charge is 2.23. The molecular formula is C32H35N7S. The maximum Gasteiger partial charge on any atom is 0.232 e. The molecule has 8 heteroatoms. The second kappa shape index (κ2) is 11.9. The average Bonchev–Trinajstić information content (AvgIpc) is 3.01. The van der Waals surface area contributed by atoms with Crippen molar-refractivity contribution in [2.24, 2.45) is 0 Å². The fraction of sp³-hybridized carbons (Fsp3) is 0.281. The molecule has 7 nitrogen and oxygen atoms in total. The van der Waals surface area contributed by atoms with E-state index in [1.807, 2.05) is 18.2 Å². The van der Waals surface area contributed by atoms with E-state index >= 15 is 0 Å². The maximum atomic E-state index is 5.70. The van der Waals surface area contributed by atoms with Crippen LogP contribution in [0.25, 0.3) is 0 Å². The van der Waals surface area contributed by atoms with Crippen LogP contribution in [0.5, 0.6) is 0 Å². The summed E-state index contributed by atoms with van der Waals surface area (Å²) in [4.78, 5) is 17.0. The highest BCUT2D eigenvalue weighted by molar-refractivity contribution is 7.80. The number of nitrogens with zero attached hydrogens (tertiary/aromatic N) is 5. The van der Waals surface area contributed by atoms with Gasteiger partial charge in [0, 0.05) is 51.0 Å². The standard InChI is InChI=1S/C32H35N7S/c1-24(25-10-4-2-5-11-25)33-32(40)36-31-34-29(38-20-18-37(19-21-38)28-14-6-3-7-15-28)22-30(35-31)39-17-16-26-12-8-9-13-27(26)23-39/h2-15,22,24H,16-21,23H2,1H3,(H2,33,34,35,36,40)/t24-/m1/s1. The van der Waals surface area contributed by atoms with Crippen LogP contribution < -0.4 is 25.3 Å². The summed E-state index contributed by atoms with van der Waals surface area (Å²) in [7, 11) is 0. The third kappa shape index (κ3) is 6.02. The topological polar surface area (TPSA) is 59.6 Å². The number of hydrogen-bond donors (Lipinski definition) is 2. The van der Waals surface area contributed by atoms with Gasteiger partial charge in [0.05, 0.1) is 6.04 Å². The van der Waals surface area contributed by atoms with E-state index in [0.29, 0.717) is 11.1 Å². The minimum Gasteiger partial charge on any atom is -0.368 e. The molecule has 0 bridgehead atoms. The Morgan fingerprint density at radius 2 is 1.32 bits per heavy atom. The van der Waals surface area contributed by atoms with Crippen molar-refractivity contribution in [2.45, 2.75) is 25.9 Å². The molecule has 3 aromatic carbocycles. The van der Waals surface area contributed by atoms with Crippen LogP contribution in [0.1, 0.15) is 29.7 Å². The number of anilines is 4. The fourth-order valence-corrected chi connectivity index (χ4v) is 5.75. The zero-order chi connectivity index (χ0) is 27.3. The van der Waals surface area contributed by atoms with Crippen molar-refractivity contribution < 1.29 is 0 Å². The molecule has 0 saturated carbocycles. The van der Waals surface area contributed by atoms with Crippen molar-refractivity contribution in [3.05, 3.63) is 108 Å². The molecule has 1 atom stereocenters. The number of thiocarbonyl (C=S) groups is 1. The second-order valence-corrected chi connectivity index (χ2v) is 10.8. The SMILES string of the molecule is C[C@@H](NC(=S)Nc1nc(N2CCN(c3ccccc3)CC2)cc(N2CCc3ccccc3C2)n1)c1ccccc1. The van der Waals surface area contributed by atoms with Crippen LogP contribution in [-0.2, 0) is 13.0 Å². The Morgan fingerprint density at radius 1 is 0.725 bits per heavy atom. The molecule has 2 N–H and O–H groups in total. The van der Waals surface area contributed by atoms with E-state index in [-0.39, 0.29) is 6.04 Å². The van der Waals surface area contributed by atoms with Crippen LogP contribution in [0, 0.1) is 0 Å². The Balaban J connectivity index is 1.22. The normalized spacial score (nSPS) is 15.8. The number of hydrogen-bond acceptors (Lipinski definition) is 6. The molecule has 0 unspecified atom stereocenters. The molecule has 4 aromatic rings. The van der Waals surface area contributed by atoms with Crippen molar-refractivity contribution >= 4 is 40.6 Å². The molecule has 1 aromatic heterocycles. The molecule has 0 radical (unpaired) electrons. The van der Waals surface area contributed by atoms with E-state index in [1.165, 1.54) is 22.4 Å². The van der Waals surface area contributed by atoms with Gasteiger partial charge in [0.15, 0.2) is 5.11 Å². The van der Waals surface area contributed by atoms with Gasteiger partial charge in [-0.15, -0.1) is 0 Å². The minimum absolute atomic E-state index is 0.0634. The van der Waals surface area contributed by atoms with E-state index in [9.17, 15) is 0 Å². The van der Waals surface area contributed by atoms with Crippen LogP contribution in [0.3, 0.4) is 0 Å². The lowest BCUT2D eigenvalue weighted by Crippen LogP contribution is -2.47. The summed E-state index contributed by atoms with van der Waals surface area (Å²) in [6.07, 6.45) is 1.00. The van der Waals surface area contributed by atoms with Crippen LogP contribution in [-0.4, -0.2) is 47.8 Å². The monoisotopic (exact) mass is 549 g/mol. The molecule has 2 aliphatic rings. The highest BCUT2D eigenvalue weighted by atomic mass is 32.1. The van der Waals surface area contributed by atoms with Gasteiger partial charge in [0.1, 0.15) is 11.6 Å². The summed E-state index contributed by atoms with van der Waals surface area (Å²) in [6, 6.07) is 31.8. The Morgan fingerprint density at radius 3 is 2.05 bits per heavy atom. The smallest absolute Gasteiger partial charge is 0.232 e. The lowest BCUT2D eigenvalue weighted by molar-refractivity contribution is 0.646. The number of rotatable bonds is 6. The summed E-state index contributed by atoms with van der Waals surface area (Å²) >= 11 is 5.70. The second-order valence-electron chi connectivity index (χ2n) is 10.4. The first kappa shape index (κ1) is 26.1. The first-order chi connectivity index (χ1) is 19.6. The van der Waals surface area contributed by atoms with Gasteiger partial charge in [0.2, 0.25) is 5.95 Å². The fourth-order valence-electron chi connectivity index (χ4n) is 5.49. The molecule has 0 amide bonds. The zero-order valence-corrected chi connectivity index (χ0v) is 23.6. The first-order valence-corrected chi connectivity index (χ1v) is 14.4. The Bertz CT molecular complexity index is 1440. The lowest BCUT2D eigenvalue weighted by Gasteiger charge is -2.37. The number of nitrogens with one attached hydrogen (secondary N) is 2. The number of benzene rings is 3. The molecule has 3 heterocycles. The van der Waals surface area contributed by atoms with E-state index in [1.54, 1.807) is 0 Å². The molecule has 0 aliphatic carbocycles. The maximum absolute atomic E-state index is 5.70. The average molecular weight is 550 g/mol. The predicted octanol–water partition coefficient (Wildman–Crippen LogP) is 5.41. The largest absolute Gasteiger partial charge is 0.368 e. The number of fused-ring (bicyclic) bond motifs is 1. The first-order valence-electron chi connectivity index (χ1n) is 14.0. The number of aromatic nitrogens is 2. The molecule has 2 aliphatic heterocycles. The third-order valence-electron chi connectivity index (χ3n) is 7.75. The number of para-hydroxylation sites is 1. The zero-order valence-electron chi connectivity index (χ0n) is 22.8. The molecule has 1 saturated heterocycles. The predicted molar refractivity (Wildman–Crippen MR) is 168 cm³/mol. The van der Waals surface area contributed by atoms with Crippen molar-refractivity contribution in [3.8, 4) is 0 Å². The quantitative estimate of drug-likeness (QED) is 0.310. The summed E-state index contributed by atoms with van der Waals surface area (Å²) in [6.45, 7) is 7.52. The summed E-state index contributed by atoms with van der Waals surface area (Å²) in [5.41, 5.74) is 5.21. The van der Waals surface area contributed by atoms with E-state index in [2.05, 4.69) is 105 Å². The summed E-state index contributed by atoms with van der Waals surface area (Å²) in [5.74, 6) is 2.37. The molecule has 40 heavy (non-hydrogen) atoms. The molecular weight excluding hydrogens is 514 g/mol. The Labute approximate surface area is 241 Å². The van der Waals surface area contributed by atoms with E-state index in [0.717, 1.165) is 57.3 Å². The van der Waals surface area contributed by atoms with E-state index in [4.69, 9.17) is 22.2 Å². The Hall–Kier alpha value is -4.17. The molecule has 1 fully saturated rings. The molecule has 6 rings (SSSR count). The van der Waals surface area contributed by atoms with Crippen LogP contribution in [0.2, 0.25) is 0 Å². The van der Waals surface area contributed by atoms with Crippen molar-refractivity contribution in [3.63, 3.8) is 0 Å². The number of piperazine rings is 1. The van der Waals surface area contributed by atoms with Gasteiger partial charge in [-0.3, -0.25) is 0 Å². The van der Waals surface area contributed by atoms with Crippen LogP contribution in [0.15, 0.2) is 91.0 Å². The highest BCUT2D eigenvalue weighted by Crippen LogP contribution is 2.28. The molecule has 0 spiro atoms. The van der Waals surface area contributed by atoms with Gasteiger partial charge in [-0.1, -0.05) is 72.8 Å². The van der Waals surface area contributed by atoms with Crippen LogP contribution in [0.4, 0.5) is 23.3 Å². The van der Waals surface area contributed by atoms with Gasteiger partial charge >= 0.3 is 0 Å². The summed E-state index contributed by atoms with van der Waals surface area (Å²) < 4.78 is 0. The van der Waals surface area contributed by atoms with Gasteiger partial charge in [0.25, 0.3) is 0 Å². The minimum atomic E-state index is 0.0634. The van der Waals surface area contributed by atoms with Gasteiger partial charge in [-0.25, -0.2) is 0 Å². The van der Waals surface area contributed by atoms with Gasteiger partial charge in [-0.2, -0.15) is 9.97 Å². The summed E-state index contributed by atoms with van der Waals surface area (Å²) in [5, 5.41) is 7.19. The van der Waals surface area contributed by atoms with Crippen molar-refractivity contribution in [1.29, 1.82) is 0 Å². The van der Waals surface area contributed by atoms with E-state index < -0.39 is 0 Å². The van der Waals surface area contributed by atoms with Crippen molar-refractivity contribution in [2.75, 3.05) is 52.7 Å². The lowest BCUT2D eigenvalue weighted by atomic mass is 10.00. The third-order valence-corrected chi connectivity index (χ3v) is 7.97. The van der Waals surface area contributed by atoms with Gasteiger partial charge in [-0.05, 0) is 54.4 Å².